The maximum absolute atomic E-state index is 5.39. The molecule has 1 heterocycles. The SMILES string of the molecule is CCCCc1c[nH]c2cccc(OC)c12. The first-order valence-corrected chi connectivity index (χ1v) is 5.49. The standard InChI is InChI=1S/C13H17NO/c1-3-4-6-10-9-14-11-7-5-8-12(15-2)13(10)11/h5,7-9,14H,3-4,6H2,1-2H3. The monoisotopic (exact) mass is 203 g/mol. The first kappa shape index (κ1) is 10.1. The lowest BCUT2D eigenvalue weighted by atomic mass is 10.1. The molecular formula is C13H17NO. The third-order valence-electron chi connectivity index (χ3n) is 2.77. The Morgan fingerprint density at radius 1 is 1.33 bits per heavy atom. The second-order valence-electron chi connectivity index (χ2n) is 3.80. The van der Waals surface area contributed by atoms with Gasteiger partial charge in [-0.1, -0.05) is 19.4 Å². The normalized spacial score (nSPS) is 10.8. The van der Waals surface area contributed by atoms with E-state index >= 15 is 0 Å². The predicted octanol–water partition coefficient (Wildman–Crippen LogP) is 3.52. The summed E-state index contributed by atoms with van der Waals surface area (Å²) in [4.78, 5) is 3.29. The van der Waals surface area contributed by atoms with E-state index in [1.165, 1.54) is 29.3 Å². The number of methoxy groups -OCH3 is 1. The van der Waals surface area contributed by atoms with Gasteiger partial charge in [0.1, 0.15) is 5.75 Å². The number of ether oxygens (including phenoxy) is 1. The van der Waals surface area contributed by atoms with Gasteiger partial charge in [0.25, 0.3) is 0 Å². The summed E-state index contributed by atoms with van der Waals surface area (Å²) in [6.45, 7) is 2.21. The summed E-state index contributed by atoms with van der Waals surface area (Å²) in [5.41, 5.74) is 2.53. The number of hydrogen-bond donors (Lipinski definition) is 1. The molecule has 0 amide bonds. The van der Waals surface area contributed by atoms with E-state index in [2.05, 4.69) is 24.2 Å². The number of aromatic amines is 1. The average Bonchev–Trinajstić information content (AvgIpc) is 2.69. The molecule has 0 spiro atoms. The Morgan fingerprint density at radius 3 is 2.93 bits per heavy atom. The van der Waals surface area contributed by atoms with Crippen molar-refractivity contribution in [3.05, 3.63) is 30.0 Å². The predicted molar refractivity (Wildman–Crippen MR) is 63.5 cm³/mol. The first-order valence-electron chi connectivity index (χ1n) is 5.49. The van der Waals surface area contributed by atoms with Crippen LogP contribution < -0.4 is 4.74 Å². The highest BCUT2D eigenvalue weighted by Gasteiger charge is 2.07. The van der Waals surface area contributed by atoms with Gasteiger partial charge in [-0.25, -0.2) is 0 Å². The molecule has 0 unspecified atom stereocenters. The smallest absolute Gasteiger partial charge is 0.128 e. The fraction of sp³-hybridized carbons (Fsp3) is 0.385. The lowest BCUT2D eigenvalue weighted by molar-refractivity contribution is 0.419. The summed E-state index contributed by atoms with van der Waals surface area (Å²) < 4.78 is 5.39. The van der Waals surface area contributed by atoms with E-state index < -0.39 is 0 Å². The van der Waals surface area contributed by atoms with Crippen molar-refractivity contribution < 1.29 is 4.74 Å². The van der Waals surface area contributed by atoms with Crippen molar-refractivity contribution >= 4 is 10.9 Å². The van der Waals surface area contributed by atoms with Crippen molar-refractivity contribution in [1.82, 2.24) is 4.98 Å². The Morgan fingerprint density at radius 2 is 2.20 bits per heavy atom. The van der Waals surface area contributed by atoms with E-state index in [1.807, 2.05) is 12.1 Å². The van der Waals surface area contributed by atoms with E-state index in [1.54, 1.807) is 7.11 Å². The van der Waals surface area contributed by atoms with Crippen LogP contribution in [-0.2, 0) is 6.42 Å². The molecule has 0 aliphatic heterocycles. The van der Waals surface area contributed by atoms with Gasteiger partial charge in [-0.3, -0.25) is 0 Å². The number of aryl methyl sites for hydroxylation is 1. The van der Waals surface area contributed by atoms with Crippen LogP contribution in [0.25, 0.3) is 10.9 Å². The van der Waals surface area contributed by atoms with Gasteiger partial charge in [0.05, 0.1) is 7.11 Å². The fourth-order valence-corrected chi connectivity index (χ4v) is 1.95. The van der Waals surface area contributed by atoms with Crippen LogP contribution in [0.5, 0.6) is 5.75 Å². The van der Waals surface area contributed by atoms with E-state index in [0.29, 0.717) is 0 Å². The van der Waals surface area contributed by atoms with Crippen molar-refractivity contribution in [1.29, 1.82) is 0 Å². The summed E-state index contributed by atoms with van der Waals surface area (Å²) in [5, 5.41) is 1.24. The van der Waals surface area contributed by atoms with E-state index in [-0.39, 0.29) is 0 Å². The van der Waals surface area contributed by atoms with Crippen LogP contribution in [0.2, 0.25) is 0 Å². The molecule has 2 aromatic rings. The maximum Gasteiger partial charge on any atom is 0.128 e. The van der Waals surface area contributed by atoms with E-state index in [9.17, 15) is 0 Å². The number of rotatable bonds is 4. The zero-order valence-corrected chi connectivity index (χ0v) is 9.34. The number of fused-ring (bicyclic) bond motifs is 1. The highest BCUT2D eigenvalue weighted by Crippen LogP contribution is 2.29. The zero-order chi connectivity index (χ0) is 10.7. The molecule has 1 aromatic heterocycles. The lowest BCUT2D eigenvalue weighted by Gasteiger charge is -2.04. The second kappa shape index (κ2) is 4.39. The van der Waals surface area contributed by atoms with Crippen molar-refractivity contribution in [3.8, 4) is 5.75 Å². The fourth-order valence-electron chi connectivity index (χ4n) is 1.95. The number of aromatic nitrogens is 1. The summed E-state index contributed by atoms with van der Waals surface area (Å²) in [5.74, 6) is 0.972. The molecule has 2 heteroatoms. The molecule has 1 N–H and O–H groups in total. The summed E-state index contributed by atoms with van der Waals surface area (Å²) in [7, 11) is 1.73. The topological polar surface area (TPSA) is 25.0 Å². The summed E-state index contributed by atoms with van der Waals surface area (Å²) in [6.07, 6.45) is 5.67. The number of hydrogen-bond acceptors (Lipinski definition) is 1. The third-order valence-corrected chi connectivity index (χ3v) is 2.77. The second-order valence-corrected chi connectivity index (χ2v) is 3.80. The molecule has 15 heavy (non-hydrogen) atoms. The van der Waals surface area contributed by atoms with Gasteiger partial charge in [-0.05, 0) is 30.5 Å². The van der Waals surface area contributed by atoms with E-state index in [0.717, 1.165) is 12.2 Å². The minimum atomic E-state index is 0.972. The number of nitrogens with one attached hydrogen (secondary N) is 1. The zero-order valence-electron chi connectivity index (χ0n) is 9.34. The quantitative estimate of drug-likeness (QED) is 0.808. The Labute approximate surface area is 90.3 Å². The number of unbranched alkanes of at least 4 members (excludes halogenated alkanes) is 1. The highest BCUT2D eigenvalue weighted by atomic mass is 16.5. The van der Waals surface area contributed by atoms with Gasteiger partial charge >= 0.3 is 0 Å². The Kier molecular flexibility index (Phi) is 2.95. The molecule has 0 aliphatic carbocycles. The number of H-pyrrole nitrogens is 1. The Hall–Kier alpha value is -1.44. The van der Waals surface area contributed by atoms with Crippen LogP contribution in [-0.4, -0.2) is 12.1 Å². The van der Waals surface area contributed by atoms with Crippen LogP contribution in [0.3, 0.4) is 0 Å². The molecule has 0 bridgehead atoms. The van der Waals surface area contributed by atoms with Gasteiger partial charge in [-0.2, -0.15) is 0 Å². The molecule has 2 rings (SSSR count). The third kappa shape index (κ3) is 1.84. The largest absolute Gasteiger partial charge is 0.496 e. The average molecular weight is 203 g/mol. The van der Waals surface area contributed by atoms with Crippen LogP contribution in [0.1, 0.15) is 25.3 Å². The molecule has 0 radical (unpaired) electrons. The van der Waals surface area contributed by atoms with Gasteiger partial charge in [0.15, 0.2) is 0 Å². The minimum absolute atomic E-state index is 0.972. The minimum Gasteiger partial charge on any atom is -0.496 e. The molecule has 0 saturated heterocycles. The molecule has 0 saturated carbocycles. The molecule has 0 atom stereocenters. The highest BCUT2D eigenvalue weighted by molar-refractivity contribution is 5.89. The number of benzene rings is 1. The van der Waals surface area contributed by atoms with Crippen LogP contribution in [0.4, 0.5) is 0 Å². The van der Waals surface area contributed by atoms with Gasteiger partial charge in [0.2, 0.25) is 0 Å². The van der Waals surface area contributed by atoms with Crippen LogP contribution >= 0.6 is 0 Å². The van der Waals surface area contributed by atoms with E-state index in [4.69, 9.17) is 4.74 Å². The summed E-state index contributed by atoms with van der Waals surface area (Å²) in [6, 6.07) is 6.13. The maximum atomic E-state index is 5.39. The molecule has 0 aliphatic rings. The molecule has 2 nitrogen and oxygen atoms in total. The molecule has 1 aromatic carbocycles. The van der Waals surface area contributed by atoms with Crippen LogP contribution in [0.15, 0.2) is 24.4 Å². The van der Waals surface area contributed by atoms with Gasteiger partial charge < -0.3 is 9.72 Å². The van der Waals surface area contributed by atoms with Crippen molar-refractivity contribution in [2.45, 2.75) is 26.2 Å². The van der Waals surface area contributed by atoms with Gasteiger partial charge in [0, 0.05) is 17.1 Å². The molecule has 0 fully saturated rings. The van der Waals surface area contributed by atoms with Crippen molar-refractivity contribution in [3.63, 3.8) is 0 Å². The van der Waals surface area contributed by atoms with Crippen molar-refractivity contribution in [2.75, 3.05) is 7.11 Å². The first-order chi connectivity index (χ1) is 7.36. The Balaban J connectivity index is 2.46. The lowest BCUT2D eigenvalue weighted by Crippen LogP contribution is -1.87. The van der Waals surface area contributed by atoms with Crippen molar-refractivity contribution in [2.24, 2.45) is 0 Å². The Bertz CT molecular complexity index is 445. The molecular weight excluding hydrogens is 186 g/mol. The van der Waals surface area contributed by atoms with Crippen LogP contribution in [0, 0.1) is 0 Å². The van der Waals surface area contributed by atoms with Gasteiger partial charge in [-0.15, -0.1) is 0 Å². The summed E-state index contributed by atoms with van der Waals surface area (Å²) >= 11 is 0. The molecule has 80 valence electrons.